The molecule has 2 fully saturated rings. The Morgan fingerprint density at radius 3 is 2.33 bits per heavy atom. The molecule has 30 heavy (non-hydrogen) atoms. The van der Waals surface area contributed by atoms with E-state index >= 15 is 0 Å². The maximum absolute atomic E-state index is 4.15. The molecule has 3 heterocycles. The summed E-state index contributed by atoms with van der Waals surface area (Å²) in [5, 5.41) is 0. The van der Waals surface area contributed by atoms with Crippen LogP contribution in [0.25, 0.3) is 0 Å². The molecule has 0 radical (unpaired) electrons. The molecule has 2 N–H and O–H groups in total. The van der Waals surface area contributed by atoms with E-state index in [0.29, 0.717) is 23.9 Å². The first-order chi connectivity index (χ1) is 14.9. The van der Waals surface area contributed by atoms with Gasteiger partial charge in [-0.3, -0.25) is 10.9 Å². The SMILES string of the molecule is c1ccc(C(c2ccccc2)C2NNC3CCN(CCCn4ccnc4)CC32)cc1. The Hall–Kier alpha value is -2.47. The standard InChI is InChI=1S/C25H31N5/c1-3-8-20(9-4-1)24(21-10-5-2-6-11-21)25-22-18-29(16-12-23(22)27-28-25)14-7-15-30-17-13-26-19-30/h1-6,8-11,13,17,19,22-25,27-28H,7,12,14-16,18H2. The topological polar surface area (TPSA) is 45.1 Å². The number of rotatable bonds is 7. The number of fused-ring (bicyclic) bond motifs is 1. The molecule has 3 atom stereocenters. The van der Waals surface area contributed by atoms with Gasteiger partial charge in [0.2, 0.25) is 0 Å². The molecule has 2 saturated heterocycles. The van der Waals surface area contributed by atoms with Crippen LogP contribution in [0, 0.1) is 5.92 Å². The zero-order chi connectivity index (χ0) is 20.2. The zero-order valence-electron chi connectivity index (χ0n) is 17.4. The lowest BCUT2D eigenvalue weighted by Crippen LogP contribution is -2.47. The van der Waals surface area contributed by atoms with Crippen molar-refractivity contribution in [3.8, 4) is 0 Å². The predicted molar refractivity (Wildman–Crippen MR) is 120 cm³/mol. The number of imidazole rings is 1. The molecule has 0 spiro atoms. The van der Waals surface area contributed by atoms with Crippen molar-refractivity contribution in [3.05, 3.63) is 90.5 Å². The highest BCUT2D eigenvalue weighted by Gasteiger charge is 2.43. The summed E-state index contributed by atoms with van der Waals surface area (Å²) in [7, 11) is 0. The maximum Gasteiger partial charge on any atom is 0.0945 e. The summed E-state index contributed by atoms with van der Waals surface area (Å²) in [6, 6.07) is 22.9. The number of aromatic nitrogens is 2. The van der Waals surface area contributed by atoms with Crippen LogP contribution in [0.1, 0.15) is 29.9 Å². The van der Waals surface area contributed by atoms with E-state index in [-0.39, 0.29) is 0 Å². The van der Waals surface area contributed by atoms with Crippen LogP contribution >= 0.6 is 0 Å². The van der Waals surface area contributed by atoms with Crippen LogP contribution in [0.2, 0.25) is 0 Å². The molecule has 3 aromatic rings. The smallest absolute Gasteiger partial charge is 0.0945 e. The second-order valence-electron chi connectivity index (χ2n) is 8.63. The second kappa shape index (κ2) is 9.13. The number of likely N-dealkylation sites (tertiary alicyclic amines) is 1. The highest BCUT2D eigenvalue weighted by molar-refractivity contribution is 5.35. The average Bonchev–Trinajstić information content (AvgIpc) is 3.46. The van der Waals surface area contributed by atoms with Gasteiger partial charge in [-0.25, -0.2) is 4.98 Å². The summed E-state index contributed by atoms with van der Waals surface area (Å²) in [4.78, 5) is 6.81. The minimum absolute atomic E-state index is 0.348. The van der Waals surface area contributed by atoms with Crippen LogP contribution in [0.3, 0.4) is 0 Å². The van der Waals surface area contributed by atoms with Crippen molar-refractivity contribution in [1.29, 1.82) is 0 Å². The molecule has 1 aromatic heterocycles. The minimum Gasteiger partial charge on any atom is -0.337 e. The van der Waals surface area contributed by atoms with Gasteiger partial charge >= 0.3 is 0 Å². The van der Waals surface area contributed by atoms with Crippen LogP contribution in [0.4, 0.5) is 0 Å². The van der Waals surface area contributed by atoms with Gasteiger partial charge in [-0.1, -0.05) is 60.7 Å². The molecule has 5 nitrogen and oxygen atoms in total. The Morgan fingerprint density at radius 2 is 1.67 bits per heavy atom. The largest absolute Gasteiger partial charge is 0.337 e. The fraction of sp³-hybridized carbons (Fsp3) is 0.400. The molecule has 3 unspecified atom stereocenters. The first kappa shape index (κ1) is 19.5. The van der Waals surface area contributed by atoms with Crippen LogP contribution in [0.15, 0.2) is 79.4 Å². The van der Waals surface area contributed by atoms with Gasteiger partial charge in [0.25, 0.3) is 0 Å². The highest BCUT2D eigenvalue weighted by Crippen LogP contribution is 2.37. The van der Waals surface area contributed by atoms with Crippen LogP contribution in [-0.4, -0.2) is 46.2 Å². The summed E-state index contributed by atoms with van der Waals surface area (Å²) < 4.78 is 2.18. The molecular weight excluding hydrogens is 370 g/mol. The molecular formula is C25H31N5. The molecule has 2 aliphatic heterocycles. The molecule has 0 aliphatic carbocycles. The maximum atomic E-state index is 4.15. The third-order valence-corrected chi connectivity index (χ3v) is 6.77. The molecule has 0 saturated carbocycles. The fourth-order valence-corrected chi connectivity index (χ4v) is 5.26. The molecule has 156 valence electrons. The highest BCUT2D eigenvalue weighted by atomic mass is 15.4. The zero-order valence-corrected chi connectivity index (χ0v) is 17.4. The summed E-state index contributed by atoms with van der Waals surface area (Å²) in [5.41, 5.74) is 10.1. The normalized spacial score (nSPS) is 24.2. The van der Waals surface area contributed by atoms with Crippen molar-refractivity contribution < 1.29 is 0 Å². The molecule has 5 rings (SSSR count). The van der Waals surface area contributed by atoms with Gasteiger partial charge in [0.05, 0.1) is 6.33 Å². The van der Waals surface area contributed by atoms with Gasteiger partial charge in [0.1, 0.15) is 0 Å². The molecule has 2 aromatic carbocycles. The van der Waals surface area contributed by atoms with E-state index in [0.717, 1.165) is 19.6 Å². The van der Waals surface area contributed by atoms with E-state index in [1.165, 1.54) is 30.5 Å². The van der Waals surface area contributed by atoms with E-state index in [9.17, 15) is 0 Å². The Labute approximate surface area is 179 Å². The quantitative estimate of drug-likeness (QED) is 0.638. The lowest BCUT2D eigenvalue weighted by atomic mass is 9.76. The Kier molecular flexibility index (Phi) is 5.93. The second-order valence-corrected chi connectivity index (χ2v) is 8.63. The van der Waals surface area contributed by atoms with Gasteiger partial charge in [0.15, 0.2) is 0 Å². The summed E-state index contributed by atoms with van der Waals surface area (Å²) in [6.45, 7) is 4.51. The Morgan fingerprint density at radius 1 is 0.933 bits per heavy atom. The van der Waals surface area contributed by atoms with Crippen LogP contribution < -0.4 is 10.9 Å². The van der Waals surface area contributed by atoms with Gasteiger partial charge < -0.3 is 9.47 Å². The van der Waals surface area contributed by atoms with Crippen LogP contribution in [0.5, 0.6) is 0 Å². The Bertz CT molecular complexity index is 856. The lowest BCUT2D eigenvalue weighted by molar-refractivity contribution is 0.148. The monoisotopic (exact) mass is 401 g/mol. The third-order valence-electron chi connectivity index (χ3n) is 6.77. The Balaban J connectivity index is 1.31. The summed E-state index contributed by atoms with van der Waals surface area (Å²) in [5.74, 6) is 0.943. The van der Waals surface area contributed by atoms with Crippen molar-refractivity contribution in [2.75, 3.05) is 19.6 Å². The van der Waals surface area contributed by atoms with E-state index in [4.69, 9.17) is 0 Å². The van der Waals surface area contributed by atoms with E-state index < -0.39 is 0 Å². The van der Waals surface area contributed by atoms with Crippen molar-refractivity contribution in [2.24, 2.45) is 5.92 Å². The molecule has 5 heteroatoms. The number of nitrogens with zero attached hydrogens (tertiary/aromatic N) is 3. The van der Waals surface area contributed by atoms with E-state index in [2.05, 4.69) is 92.2 Å². The average molecular weight is 402 g/mol. The molecule has 0 bridgehead atoms. The van der Waals surface area contributed by atoms with Crippen molar-refractivity contribution in [3.63, 3.8) is 0 Å². The minimum atomic E-state index is 0.348. The number of nitrogens with one attached hydrogen (secondary N) is 2. The number of hydrogen-bond acceptors (Lipinski definition) is 4. The van der Waals surface area contributed by atoms with Crippen molar-refractivity contribution in [2.45, 2.75) is 37.4 Å². The predicted octanol–water partition coefficient (Wildman–Crippen LogP) is 3.27. The number of piperidine rings is 1. The van der Waals surface area contributed by atoms with Crippen molar-refractivity contribution >= 4 is 0 Å². The van der Waals surface area contributed by atoms with Gasteiger partial charge in [0, 0.05) is 49.4 Å². The summed E-state index contributed by atoms with van der Waals surface area (Å²) in [6.07, 6.45) is 8.20. The number of aryl methyl sites for hydroxylation is 1. The van der Waals surface area contributed by atoms with Gasteiger partial charge in [-0.2, -0.15) is 0 Å². The van der Waals surface area contributed by atoms with Crippen molar-refractivity contribution in [1.82, 2.24) is 25.3 Å². The van der Waals surface area contributed by atoms with Gasteiger partial charge in [-0.05, 0) is 37.1 Å². The fourth-order valence-electron chi connectivity index (χ4n) is 5.26. The first-order valence-corrected chi connectivity index (χ1v) is 11.2. The lowest BCUT2D eigenvalue weighted by Gasteiger charge is -2.38. The van der Waals surface area contributed by atoms with Gasteiger partial charge in [-0.15, -0.1) is 0 Å². The molecule has 2 aliphatic rings. The van der Waals surface area contributed by atoms with Crippen LogP contribution in [-0.2, 0) is 6.54 Å². The third kappa shape index (κ3) is 4.19. The number of hydrogen-bond donors (Lipinski definition) is 2. The number of benzene rings is 2. The summed E-state index contributed by atoms with van der Waals surface area (Å²) >= 11 is 0. The van der Waals surface area contributed by atoms with E-state index in [1.807, 2.05) is 12.5 Å². The number of hydrazine groups is 1. The molecule has 0 amide bonds. The van der Waals surface area contributed by atoms with E-state index in [1.54, 1.807) is 0 Å². The first-order valence-electron chi connectivity index (χ1n) is 11.2.